The Bertz CT molecular complexity index is 454. The van der Waals surface area contributed by atoms with Crippen LogP contribution in [0, 0.1) is 0 Å². The SMILES string of the molecule is O=C(CCSCc1ccccn1)N1C2CCNCC1CC2. The lowest BCUT2D eigenvalue weighted by Crippen LogP contribution is -2.42. The van der Waals surface area contributed by atoms with Gasteiger partial charge in [-0.25, -0.2) is 0 Å². The minimum absolute atomic E-state index is 0.347. The van der Waals surface area contributed by atoms with Crippen molar-refractivity contribution in [3.05, 3.63) is 30.1 Å². The van der Waals surface area contributed by atoms with Gasteiger partial charge < -0.3 is 10.2 Å². The van der Waals surface area contributed by atoms with Crippen molar-refractivity contribution in [1.29, 1.82) is 0 Å². The first-order chi connectivity index (χ1) is 10.3. The first-order valence-corrected chi connectivity index (χ1v) is 8.99. The van der Waals surface area contributed by atoms with Crippen molar-refractivity contribution >= 4 is 17.7 Å². The summed E-state index contributed by atoms with van der Waals surface area (Å²) in [7, 11) is 0. The number of rotatable bonds is 5. The fourth-order valence-electron chi connectivity index (χ4n) is 3.34. The summed E-state index contributed by atoms with van der Waals surface area (Å²) in [5.41, 5.74) is 1.09. The van der Waals surface area contributed by atoms with E-state index >= 15 is 0 Å². The fourth-order valence-corrected chi connectivity index (χ4v) is 4.18. The number of pyridine rings is 1. The number of carbonyl (C=O) groups is 1. The summed E-state index contributed by atoms with van der Waals surface area (Å²) in [5, 5.41) is 3.44. The average molecular weight is 305 g/mol. The molecule has 3 heterocycles. The van der Waals surface area contributed by atoms with Crippen molar-refractivity contribution < 1.29 is 4.79 Å². The van der Waals surface area contributed by atoms with Gasteiger partial charge in [-0.2, -0.15) is 11.8 Å². The Morgan fingerprint density at radius 3 is 3.10 bits per heavy atom. The van der Waals surface area contributed by atoms with Crippen LogP contribution in [0.3, 0.4) is 0 Å². The summed E-state index contributed by atoms with van der Waals surface area (Å²) >= 11 is 1.80. The molecule has 0 saturated carbocycles. The molecule has 4 nitrogen and oxygen atoms in total. The van der Waals surface area contributed by atoms with E-state index in [1.54, 1.807) is 11.8 Å². The van der Waals surface area contributed by atoms with Crippen molar-refractivity contribution in [3.63, 3.8) is 0 Å². The topological polar surface area (TPSA) is 45.2 Å². The number of hydrogen-bond donors (Lipinski definition) is 1. The van der Waals surface area contributed by atoms with E-state index in [0.717, 1.165) is 36.7 Å². The summed E-state index contributed by atoms with van der Waals surface area (Å²) < 4.78 is 0. The molecule has 0 spiro atoms. The molecule has 0 radical (unpaired) electrons. The molecule has 2 saturated heterocycles. The molecule has 2 unspecified atom stereocenters. The number of fused-ring (bicyclic) bond motifs is 2. The number of thioether (sulfide) groups is 1. The van der Waals surface area contributed by atoms with Gasteiger partial charge in [0.05, 0.1) is 5.69 Å². The van der Waals surface area contributed by atoms with Gasteiger partial charge in [0.15, 0.2) is 0 Å². The monoisotopic (exact) mass is 305 g/mol. The maximum Gasteiger partial charge on any atom is 0.223 e. The summed E-state index contributed by atoms with van der Waals surface area (Å²) in [6.45, 7) is 2.03. The number of nitrogens with one attached hydrogen (secondary N) is 1. The molecule has 2 atom stereocenters. The lowest BCUT2D eigenvalue weighted by Gasteiger charge is -2.27. The normalized spacial score (nSPS) is 24.9. The zero-order chi connectivity index (χ0) is 14.5. The Labute approximate surface area is 130 Å². The third-order valence-corrected chi connectivity index (χ3v) is 5.37. The third kappa shape index (κ3) is 3.77. The largest absolute Gasteiger partial charge is 0.335 e. The van der Waals surface area contributed by atoms with E-state index in [0.29, 0.717) is 24.4 Å². The molecule has 1 aromatic heterocycles. The molecular formula is C16H23N3OS. The lowest BCUT2D eigenvalue weighted by atomic mass is 10.1. The third-order valence-electron chi connectivity index (χ3n) is 4.38. The molecule has 2 aliphatic rings. The molecule has 2 fully saturated rings. The van der Waals surface area contributed by atoms with Gasteiger partial charge in [-0.1, -0.05) is 6.07 Å². The van der Waals surface area contributed by atoms with Crippen molar-refractivity contribution in [2.75, 3.05) is 18.8 Å². The van der Waals surface area contributed by atoms with Crippen molar-refractivity contribution in [2.24, 2.45) is 0 Å². The molecular weight excluding hydrogens is 282 g/mol. The van der Waals surface area contributed by atoms with Crippen LogP contribution in [-0.2, 0) is 10.5 Å². The molecule has 21 heavy (non-hydrogen) atoms. The van der Waals surface area contributed by atoms with Crippen molar-refractivity contribution in [1.82, 2.24) is 15.2 Å². The van der Waals surface area contributed by atoms with Gasteiger partial charge in [0.2, 0.25) is 5.91 Å². The fraction of sp³-hybridized carbons (Fsp3) is 0.625. The second kappa shape index (κ2) is 7.27. The van der Waals surface area contributed by atoms with Gasteiger partial charge in [-0.3, -0.25) is 9.78 Å². The second-order valence-corrected chi connectivity index (χ2v) is 6.91. The van der Waals surface area contributed by atoms with Crippen LogP contribution in [0.5, 0.6) is 0 Å². The average Bonchev–Trinajstić information content (AvgIpc) is 2.78. The first kappa shape index (κ1) is 14.9. The zero-order valence-electron chi connectivity index (χ0n) is 12.3. The highest BCUT2D eigenvalue weighted by atomic mass is 32.2. The highest BCUT2D eigenvalue weighted by Gasteiger charge is 2.37. The summed E-state index contributed by atoms with van der Waals surface area (Å²) in [5.74, 6) is 2.13. The molecule has 1 aromatic rings. The predicted octanol–water partition coefficient (Wildman–Crippen LogP) is 2.06. The van der Waals surface area contributed by atoms with Crippen LogP contribution in [0.15, 0.2) is 24.4 Å². The maximum absolute atomic E-state index is 12.5. The molecule has 114 valence electrons. The highest BCUT2D eigenvalue weighted by molar-refractivity contribution is 7.98. The van der Waals surface area contributed by atoms with E-state index in [2.05, 4.69) is 15.2 Å². The molecule has 0 aliphatic carbocycles. The van der Waals surface area contributed by atoms with Gasteiger partial charge >= 0.3 is 0 Å². The molecule has 2 bridgehead atoms. The number of nitrogens with zero attached hydrogens (tertiary/aromatic N) is 2. The smallest absolute Gasteiger partial charge is 0.223 e. The number of amides is 1. The summed E-state index contributed by atoms with van der Waals surface area (Å²) in [6, 6.07) is 6.90. The summed E-state index contributed by atoms with van der Waals surface area (Å²) in [4.78, 5) is 19.0. The van der Waals surface area contributed by atoms with Crippen LogP contribution in [0.1, 0.15) is 31.4 Å². The molecule has 0 aromatic carbocycles. The highest BCUT2D eigenvalue weighted by Crippen LogP contribution is 2.28. The maximum atomic E-state index is 12.5. The predicted molar refractivity (Wildman–Crippen MR) is 86.2 cm³/mol. The van der Waals surface area contributed by atoms with Gasteiger partial charge in [-0.05, 0) is 37.9 Å². The van der Waals surface area contributed by atoms with Gasteiger partial charge in [-0.15, -0.1) is 0 Å². The van der Waals surface area contributed by atoms with Crippen LogP contribution in [-0.4, -0.2) is 46.7 Å². The second-order valence-electron chi connectivity index (χ2n) is 5.80. The molecule has 1 amide bonds. The number of hydrogen-bond acceptors (Lipinski definition) is 4. The van der Waals surface area contributed by atoms with Crippen molar-refractivity contribution in [3.8, 4) is 0 Å². The molecule has 3 rings (SSSR count). The minimum Gasteiger partial charge on any atom is -0.335 e. The summed E-state index contributed by atoms with van der Waals surface area (Å²) in [6.07, 6.45) is 5.96. The Morgan fingerprint density at radius 2 is 2.24 bits per heavy atom. The molecule has 2 aliphatic heterocycles. The van der Waals surface area contributed by atoms with Gasteiger partial charge in [0.1, 0.15) is 0 Å². The van der Waals surface area contributed by atoms with Crippen LogP contribution in [0.4, 0.5) is 0 Å². The van der Waals surface area contributed by atoms with Crippen LogP contribution in [0.25, 0.3) is 0 Å². The van der Waals surface area contributed by atoms with E-state index in [1.807, 2.05) is 24.4 Å². The Hall–Kier alpha value is -1.07. The molecule has 1 N–H and O–H groups in total. The van der Waals surface area contributed by atoms with E-state index in [9.17, 15) is 4.79 Å². The van der Waals surface area contributed by atoms with E-state index in [1.165, 1.54) is 12.8 Å². The van der Waals surface area contributed by atoms with Crippen LogP contribution >= 0.6 is 11.8 Å². The van der Waals surface area contributed by atoms with Crippen LogP contribution < -0.4 is 5.32 Å². The number of aromatic nitrogens is 1. The van der Waals surface area contributed by atoms with E-state index in [-0.39, 0.29) is 0 Å². The van der Waals surface area contributed by atoms with Gasteiger partial charge in [0.25, 0.3) is 0 Å². The van der Waals surface area contributed by atoms with Crippen molar-refractivity contribution in [2.45, 2.75) is 43.5 Å². The van der Waals surface area contributed by atoms with E-state index < -0.39 is 0 Å². The van der Waals surface area contributed by atoms with Crippen LogP contribution in [0.2, 0.25) is 0 Å². The standard InChI is InChI=1S/C16H23N3OS/c20-16(7-10-21-12-13-3-1-2-8-18-13)19-14-4-5-15(19)11-17-9-6-14/h1-3,8,14-15,17H,4-7,9-12H2. The first-order valence-electron chi connectivity index (χ1n) is 7.84. The minimum atomic E-state index is 0.347. The quantitative estimate of drug-likeness (QED) is 0.846. The zero-order valence-corrected chi connectivity index (χ0v) is 13.1. The molecule has 5 heteroatoms. The Morgan fingerprint density at radius 1 is 1.33 bits per heavy atom. The Kier molecular flexibility index (Phi) is 5.14. The lowest BCUT2D eigenvalue weighted by molar-refractivity contribution is -0.133. The van der Waals surface area contributed by atoms with Gasteiger partial charge in [0, 0.05) is 42.8 Å². The van der Waals surface area contributed by atoms with E-state index in [4.69, 9.17) is 0 Å². The Balaban J connectivity index is 1.44. The number of carbonyl (C=O) groups excluding carboxylic acids is 1.